The van der Waals surface area contributed by atoms with Gasteiger partial charge >= 0.3 is 5.97 Å². The zero-order valence-electron chi connectivity index (χ0n) is 26.9. The lowest BCUT2D eigenvalue weighted by molar-refractivity contribution is -0.938. The number of carbonyl (C=O) groups excluding carboxylic acids is 2. The standard InChI is InChI=1S/C37H52N2O4/c1-6-23-39(27-29(2)3)24-22-36(32-17-13-18-34(25-32)42-5)26-33(20-21-37(36,28-39)43-30(4)40)38-35(41)19-12-8-11-16-31-14-9-7-10-15-31/h6-7,9-10,13-15,17-18,25,29,33H,1,8,11-12,16,19-24,26-28H2,2-5H3/p+1/t33-,36+,37?,39-/m0/s1. The number of rotatable bonds is 14. The molecule has 0 radical (unpaired) electrons. The number of nitrogens with one attached hydrogen (secondary N) is 1. The molecule has 1 saturated carbocycles. The molecule has 2 aromatic carbocycles. The topological polar surface area (TPSA) is 64.6 Å². The van der Waals surface area contributed by atoms with Gasteiger partial charge in [-0.05, 0) is 67.9 Å². The van der Waals surface area contributed by atoms with Gasteiger partial charge in [-0.15, -0.1) is 0 Å². The Bertz CT molecular complexity index is 1230. The first-order valence-electron chi connectivity index (χ1n) is 16.3. The lowest BCUT2D eigenvalue weighted by Crippen LogP contribution is -2.74. The molecule has 4 atom stereocenters. The molecule has 6 nitrogen and oxygen atoms in total. The van der Waals surface area contributed by atoms with Crippen molar-refractivity contribution in [3.63, 3.8) is 0 Å². The first-order valence-corrected chi connectivity index (χ1v) is 16.3. The molecule has 0 spiro atoms. The zero-order chi connectivity index (χ0) is 30.9. The van der Waals surface area contributed by atoms with E-state index < -0.39 is 11.0 Å². The minimum Gasteiger partial charge on any atom is -0.497 e. The van der Waals surface area contributed by atoms with Gasteiger partial charge in [0.1, 0.15) is 12.3 Å². The van der Waals surface area contributed by atoms with Crippen LogP contribution in [-0.2, 0) is 26.2 Å². The first kappa shape index (κ1) is 32.8. The van der Waals surface area contributed by atoms with Crippen molar-refractivity contribution in [2.24, 2.45) is 5.92 Å². The normalized spacial score (nSPS) is 26.8. The van der Waals surface area contributed by atoms with Crippen LogP contribution in [0.1, 0.15) is 83.3 Å². The van der Waals surface area contributed by atoms with Crippen LogP contribution in [0.25, 0.3) is 0 Å². The second-order valence-corrected chi connectivity index (χ2v) is 13.5. The summed E-state index contributed by atoms with van der Waals surface area (Å²) in [5.41, 5.74) is 1.37. The van der Waals surface area contributed by atoms with Crippen LogP contribution >= 0.6 is 0 Å². The van der Waals surface area contributed by atoms with Gasteiger partial charge in [0.15, 0.2) is 5.60 Å². The maximum Gasteiger partial charge on any atom is 0.303 e. The Morgan fingerprint density at radius 3 is 2.58 bits per heavy atom. The van der Waals surface area contributed by atoms with E-state index in [0.717, 1.165) is 86.9 Å². The summed E-state index contributed by atoms with van der Waals surface area (Å²) in [6.45, 7) is 13.7. The predicted molar refractivity (Wildman–Crippen MR) is 173 cm³/mol. The van der Waals surface area contributed by atoms with Crippen LogP contribution in [0.3, 0.4) is 0 Å². The number of amides is 1. The van der Waals surface area contributed by atoms with Crippen molar-refractivity contribution in [2.75, 3.05) is 33.3 Å². The lowest BCUT2D eigenvalue weighted by atomic mass is 9.54. The number of likely N-dealkylation sites (tertiary alicyclic amines) is 1. The van der Waals surface area contributed by atoms with Gasteiger partial charge in [-0.1, -0.05) is 69.3 Å². The molecule has 6 heteroatoms. The average Bonchev–Trinajstić information content (AvgIpc) is 2.97. The highest BCUT2D eigenvalue weighted by atomic mass is 16.6. The number of hydrogen-bond acceptors (Lipinski definition) is 4. The minimum atomic E-state index is -0.681. The second kappa shape index (κ2) is 14.6. The van der Waals surface area contributed by atoms with Crippen LogP contribution in [0.15, 0.2) is 67.3 Å². The molecule has 2 fully saturated rings. The molecule has 0 aromatic heterocycles. The Labute approximate surface area is 259 Å². The maximum absolute atomic E-state index is 13.2. The van der Waals surface area contributed by atoms with Crippen LogP contribution in [0.4, 0.5) is 0 Å². The van der Waals surface area contributed by atoms with Gasteiger partial charge in [-0.25, -0.2) is 0 Å². The number of quaternary nitrogens is 1. The van der Waals surface area contributed by atoms with Crippen molar-refractivity contribution in [2.45, 2.75) is 95.6 Å². The van der Waals surface area contributed by atoms with E-state index in [0.29, 0.717) is 18.8 Å². The van der Waals surface area contributed by atoms with Crippen LogP contribution in [0.2, 0.25) is 0 Å². The molecular weight excluding hydrogens is 536 g/mol. The van der Waals surface area contributed by atoms with E-state index in [9.17, 15) is 9.59 Å². The number of fused-ring (bicyclic) bond motifs is 1. The van der Waals surface area contributed by atoms with Crippen molar-refractivity contribution in [3.8, 4) is 5.75 Å². The molecule has 1 saturated heterocycles. The Hall–Kier alpha value is -3.12. The SMILES string of the molecule is C=CC[N@@+]1(CC(C)C)CC[C@]2(c3cccc(OC)c3)C[C@@H](NC(=O)CCCCCc3ccccc3)CCC2(OC(C)=O)C1. The molecule has 234 valence electrons. The summed E-state index contributed by atoms with van der Waals surface area (Å²) in [7, 11) is 1.69. The third-order valence-corrected chi connectivity index (χ3v) is 9.77. The van der Waals surface area contributed by atoms with E-state index in [1.54, 1.807) is 7.11 Å². The van der Waals surface area contributed by atoms with E-state index in [2.05, 4.69) is 62.1 Å². The third-order valence-electron chi connectivity index (χ3n) is 9.77. The number of carbonyl (C=O) groups is 2. The quantitative estimate of drug-likeness (QED) is 0.114. The Morgan fingerprint density at radius 2 is 1.88 bits per heavy atom. The molecule has 1 unspecified atom stereocenters. The monoisotopic (exact) mass is 589 g/mol. The number of piperidine rings is 1. The fourth-order valence-corrected chi connectivity index (χ4v) is 8.16. The van der Waals surface area contributed by atoms with Crippen LogP contribution < -0.4 is 10.1 Å². The molecule has 1 N–H and O–H groups in total. The van der Waals surface area contributed by atoms with Crippen molar-refractivity contribution in [1.82, 2.24) is 5.32 Å². The first-order chi connectivity index (χ1) is 20.6. The second-order valence-electron chi connectivity index (χ2n) is 13.5. The Morgan fingerprint density at radius 1 is 1.09 bits per heavy atom. The number of unbranched alkanes of at least 4 members (excludes halogenated alkanes) is 2. The molecule has 0 bridgehead atoms. The van der Waals surface area contributed by atoms with Gasteiger partial charge in [0, 0.05) is 37.1 Å². The van der Waals surface area contributed by atoms with Gasteiger partial charge in [-0.2, -0.15) is 0 Å². The number of hydrogen-bond donors (Lipinski definition) is 1. The van der Waals surface area contributed by atoms with E-state index >= 15 is 0 Å². The molecular formula is C37H53N2O4+. The lowest BCUT2D eigenvalue weighted by Gasteiger charge is -2.61. The highest BCUT2D eigenvalue weighted by molar-refractivity contribution is 5.76. The van der Waals surface area contributed by atoms with Gasteiger partial charge in [-0.3, -0.25) is 9.59 Å². The smallest absolute Gasteiger partial charge is 0.303 e. The molecule has 1 heterocycles. The zero-order valence-corrected chi connectivity index (χ0v) is 26.9. The summed E-state index contributed by atoms with van der Waals surface area (Å²) in [5.74, 6) is 1.18. The summed E-state index contributed by atoms with van der Waals surface area (Å²) in [6, 6.07) is 18.8. The van der Waals surface area contributed by atoms with Gasteiger partial charge in [0.25, 0.3) is 0 Å². The predicted octanol–water partition coefficient (Wildman–Crippen LogP) is 6.77. The molecule has 2 aromatic rings. The minimum absolute atomic E-state index is 0.0243. The van der Waals surface area contributed by atoms with Crippen LogP contribution in [-0.4, -0.2) is 61.3 Å². The van der Waals surface area contributed by atoms with Gasteiger partial charge < -0.3 is 19.3 Å². The van der Waals surface area contributed by atoms with Crippen molar-refractivity contribution >= 4 is 11.9 Å². The van der Waals surface area contributed by atoms with Gasteiger partial charge in [0.2, 0.25) is 5.91 Å². The number of aryl methyl sites for hydroxylation is 1. The summed E-state index contributed by atoms with van der Waals surface area (Å²) >= 11 is 0. The molecule has 43 heavy (non-hydrogen) atoms. The highest BCUT2D eigenvalue weighted by Crippen LogP contribution is 2.55. The van der Waals surface area contributed by atoms with E-state index in [1.807, 2.05) is 24.3 Å². The molecule has 2 aliphatic rings. The number of benzene rings is 2. The summed E-state index contributed by atoms with van der Waals surface area (Å²) in [4.78, 5) is 26.0. The average molecular weight is 590 g/mol. The van der Waals surface area contributed by atoms with Crippen molar-refractivity contribution in [3.05, 3.63) is 78.4 Å². The molecule has 1 amide bonds. The third kappa shape index (κ3) is 7.89. The van der Waals surface area contributed by atoms with Crippen molar-refractivity contribution in [1.29, 1.82) is 0 Å². The van der Waals surface area contributed by atoms with Crippen molar-refractivity contribution < 1.29 is 23.5 Å². The Kier molecular flexibility index (Phi) is 11.1. The van der Waals surface area contributed by atoms with Crippen LogP contribution in [0.5, 0.6) is 5.75 Å². The Balaban J connectivity index is 1.54. The van der Waals surface area contributed by atoms with E-state index in [-0.39, 0.29) is 17.9 Å². The molecule has 1 aliphatic carbocycles. The van der Waals surface area contributed by atoms with E-state index in [1.165, 1.54) is 12.5 Å². The number of ether oxygens (including phenoxy) is 2. The van der Waals surface area contributed by atoms with Gasteiger partial charge in [0.05, 0.1) is 26.7 Å². The number of methoxy groups -OCH3 is 1. The molecule has 4 rings (SSSR count). The largest absolute Gasteiger partial charge is 0.497 e. The summed E-state index contributed by atoms with van der Waals surface area (Å²) in [5, 5.41) is 3.40. The summed E-state index contributed by atoms with van der Waals surface area (Å²) in [6.07, 6.45) is 9.73. The maximum atomic E-state index is 13.2. The van der Waals surface area contributed by atoms with E-state index in [4.69, 9.17) is 9.47 Å². The highest BCUT2D eigenvalue weighted by Gasteiger charge is 2.65. The van der Waals surface area contributed by atoms with Crippen LogP contribution in [0, 0.1) is 5.92 Å². The number of nitrogens with zero attached hydrogens (tertiary/aromatic N) is 1. The fraction of sp³-hybridized carbons (Fsp3) is 0.568. The summed E-state index contributed by atoms with van der Waals surface area (Å²) < 4.78 is 13.1. The fourth-order valence-electron chi connectivity index (χ4n) is 8.16. The molecule has 1 aliphatic heterocycles. The number of esters is 1.